The number of hydrogen-bond acceptors (Lipinski definition) is 1. The fraction of sp³-hybridized carbons (Fsp3) is 0.625. The second kappa shape index (κ2) is 6.60. The highest BCUT2D eigenvalue weighted by atomic mass is 35.5. The molecule has 1 nitrogen and oxygen atoms in total. The molecule has 0 spiro atoms. The molecule has 0 amide bonds. The van der Waals surface area contributed by atoms with Crippen LogP contribution in [0.15, 0.2) is 18.2 Å². The summed E-state index contributed by atoms with van der Waals surface area (Å²) in [4.78, 5) is 2.27. The topological polar surface area (TPSA) is 3.24 Å². The van der Waals surface area contributed by atoms with Crippen molar-refractivity contribution in [2.45, 2.75) is 51.5 Å². The Hall–Kier alpha value is -0.760. The maximum atomic E-state index is 14.3. The molecule has 1 saturated carbocycles. The second-order valence-corrected chi connectivity index (χ2v) is 6.17. The molecular formula is C16H23ClFN. The minimum Gasteiger partial charge on any atom is -0.366 e. The van der Waals surface area contributed by atoms with Crippen LogP contribution in [0.4, 0.5) is 10.1 Å². The average molecular weight is 284 g/mol. The van der Waals surface area contributed by atoms with Crippen molar-refractivity contribution in [3.05, 3.63) is 29.6 Å². The highest BCUT2D eigenvalue weighted by Crippen LogP contribution is 2.31. The van der Waals surface area contributed by atoms with Crippen molar-refractivity contribution in [3.63, 3.8) is 0 Å². The van der Waals surface area contributed by atoms with Gasteiger partial charge in [-0.05, 0) is 36.5 Å². The quantitative estimate of drug-likeness (QED) is 0.690. The summed E-state index contributed by atoms with van der Waals surface area (Å²) >= 11 is 5.76. The van der Waals surface area contributed by atoms with E-state index in [0.717, 1.165) is 17.8 Å². The third-order valence-corrected chi connectivity index (χ3v) is 4.11. The van der Waals surface area contributed by atoms with Crippen LogP contribution in [0.2, 0.25) is 0 Å². The van der Waals surface area contributed by atoms with Gasteiger partial charge in [0.1, 0.15) is 5.82 Å². The van der Waals surface area contributed by atoms with Gasteiger partial charge in [0.05, 0.1) is 5.69 Å². The van der Waals surface area contributed by atoms with Crippen molar-refractivity contribution in [3.8, 4) is 0 Å². The van der Waals surface area contributed by atoms with Gasteiger partial charge in [0.15, 0.2) is 0 Å². The Morgan fingerprint density at radius 1 is 1.32 bits per heavy atom. The van der Waals surface area contributed by atoms with Crippen LogP contribution in [-0.2, 0) is 5.88 Å². The molecule has 0 atom stereocenters. The predicted octanol–water partition coefficient (Wildman–Crippen LogP) is 4.97. The largest absolute Gasteiger partial charge is 0.366 e. The van der Waals surface area contributed by atoms with Crippen molar-refractivity contribution < 1.29 is 4.39 Å². The van der Waals surface area contributed by atoms with E-state index in [9.17, 15) is 4.39 Å². The second-order valence-electron chi connectivity index (χ2n) is 5.90. The first-order chi connectivity index (χ1) is 9.11. The van der Waals surface area contributed by atoms with Gasteiger partial charge in [0.2, 0.25) is 0 Å². The predicted molar refractivity (Wildman–Crippen MR) is 80.4 cm³/mol. The van der Waals surface area contributed by atoms with Crippen LogP contribution in [0.1, 0.15) is 45.1 Å². The third-order valence-electron chi connectivity index (χ3n) is 3.80. The Kier molecular flexibility index (Phi) is 5.09. The van der Waals surface area contributed by atoms with Crippen LogP contribution in [0.3, 0.4) is 0 Å². The fourth-order valence-electron chi connectivity index (χ4n) is 2.92. The summed E-state index contributed by atoms with van der Waals surface area (Å²) in [6.07, 6.45) is 4.90. The molecule has 0 radical (unpaired) electrons. The minimum atomic E-state index is -0.134. The van der Waals surface area contributed by atoms with E-state index in [-0.39, 0.29) is 5.82 Å². The summed E-state index contributed by atoms with van der Waals surface area (Å²) in [7, 11) is 0. The number of benzene rings is 1. The Balaban J connectivity index is 2.26. The van der Waals surface area contributed by atoms with Gasteiger partial charge in [-0.25, -0.2) is 4.39 Å². The maximum absolute atomic E-state index is 14.3. The SMILES string of the molecule is CC(C)CN(c1ccc(CCl)cc1F)C1CCCC1. The third kappa shape index (κ3) is 3.62. The molecule has 3 heteroatoms. The van der Waals surface area contributed by atoms with Crippen LogP contribution in [0, 0.1) is 11.7 Å². The highest BCUT2D eigenvalue weighted by molar-refractivity contribution is 6.17. The van der Waals surface area contributed by atoms with Gasteiger partial charge in [0.25, 0.3) is 0 Å². The van der Waals surface area contributed by atoms with Gasteiger partial charge >= 0.3 is 0 Å². The molecule has 1 fully saturated rings. The Morgan fingerprint density at radius 3 is 2.53 bits per heavy atom. The zero-order valence-corrected chi connectivity index (χ0v) is 12.6. The summed E-state index contributed by atoms with van der Waals surface area (Å²) in [6.45, 7) is 5.29. The van der Waals surface area contributed by atoms with E-state index < -0.39 is 0 Å². The molecule has 19 heavy (non-hydrogen) atoms. The maximum Gasteiger partial charge on any atom is 0.146 e. The Bertz CT molecular complexity index is 413. The van der Waals surface area contributed by atoms with E-state index in [1.807, 2.05) is 12.1 Å². The summed E-state index contributed by atoms with van der Waals surface area (Å²) in [5.74, 6) is 0.767. The molecule has 106 valence electrons. The van der Waals surface area contributed by atoms with Crippen LogP contribution in [0.25, 0.3) is 0 Å². The highest BCUT2D eigenvalue weighted by Gasteiger charge is 2.25. The number of alkyl halides is 1. The fourth-order valence-corrected chi connectivity index (χ4v) is 3.09. The van der Waals surface area contributed by atoms with Gasteiger partial charge in [-0.3, -0.25) is 0 Å². The zero-order chi connectivity index (χ0) is 13.8. The molecule has 0 saturated heterocycles. The number of halogens is 2. The Morgan fingerprint density at radius 2 is 2.00 bits per heavy atom. The molecule has 0 aliphatic heterocycles. The van der Waals surface area contributed by atoms with Crippen LogP contribution in [-0.4, -0.2) is 12.6 Å². The molecule has 0 aromatic heterocycles. The van der Waals surface area contributed by atoms with Crippen molar-refractivity contribution in [2.75, 3.05) is 11.4 Å². The lowest BCUT2D eigenvalue weighted by Crippen LogP contribution is -2.36. The first-order valence-electron chi connectivity index (χ1n) is 7.23. The molecule has 1 aromatic carbocycles. The van der Waals surface area contributed by atoms with E-state index in [0.29, 0.717) is 17.8 Å². The molecule has 1 aliphatic rings. The normalized spacial score (nSPS) is 16.3. The molecule has 0 heterocycles. The summed E-state index contributed by atoms with van der Waals surface area (Å²) in [6, 6.07) is 5.91. The first kappa shape index (κ1) is 14.6. The van der Waals surface area contributed by atoms with E-state index >= 15 is 0 Å². The lowest BCUT2D eigenvalue weighted by atomic mass is 10.1. The molecule has 2 rings (SSSR count). The molecule has 0 bridgehead atoms. The number of hydrogen-bond donors (Lipinski definition) is 0. The van der Waals surface area contributed by atoms with Crippen molar-refractivity contribution in [1.29, 1.82) is 0 Å². The summed E-state index contributed by atoms with van der Waals surface area (Å²) < 4.78 is 14.3. The van der Waals surface area contributed by atoms with E-state index in [1.54, 1.807) is 6.07 Å². The van der Waals surface area contributed by atoms with Crippen LogP contribution >= 0.6 is 11.6 Å². The van der Waals surface area contributed by atoms with E-state index in [1.165, 1.54) is 25.7 Å². The number of anilines is 1. The monoisotopic (exact) mass is 283 g/mol. The van der Waals surface area contributed by atoms with Gasteiger partial charge in [-0.1, -0.05) is 32.8 Å². The van der Waals surface area contributed by atoms with Gasteiger partial charge in [0, 0.05) is 18.5 Å². The summed E-state index contributed by atoms with van der Waals surface area (Å²) in [5, 5.41) is 0. The lowest BCUT2D eigenvalue weighted by Gasteiger charge is -2.33. The number of rotatable bonds is 5. The van der Waals surface area contributed by atoms with Gasteiger partial charge < -0.3 is 4.90 Å². The van der Waals surface area contributed by atoms with E-state index in [2.05, 4.69) is 18.7 Å². The average Bonchev–Trinajstić information content (AvgIpc) is 2.89. The minimum absolute atomic E-state index is 0.134. The first-order valence-corrected chi connectivity index (χ1v) is 7.76. The molecule has 1 aliphatic carbocycles. The van der Waals surface area contributed by atoms with Gasteiger partial charge in [-0.2, -0.15) is 0 Å². The smallest absolute Gasteiger partial charge is 0.146 e. The number of nitrogens with zero attached hydrogens (tertiary/aromatic N) is 1. The summed E-state index contributed by atoms with van der Waals surface area (Å²) in [5.41, 5.74) is 1.59. The standard InChI is InChI=1S/C16H23ClFN/c1-12(2)11-19(14-5-3-4-6-14)16-8-7-13(10-17)9-15(16)18/h7-9,12,14H,3-6,10-11H2,1-2H3. The molecule has 1 aromatic rings. The molecule has 0 unspecified atom stereocenters. The van der Waals surface area contributed by atoms with Gasteiger partial charge in [-0.15, -0.1) is 11.6 Å². The Labute approximate surface area is 120 Å². The van der Waals surface area contributed by atoms with Crippen molar-refractivity contribution >= 4 is 17.3 Å². The lowest BCUT2D eigenvalue weighted by molar-refractivity contribution is 0.520. The molecule has 0 N–H and O–H groups in total. The van der Waals surface area contributed by atoms with Crippen molar-refractivity contribution in [1.82, 2.24) is 0 Å². The zero-order valence-electron chi connectivity index (χ0n) is 11.8. The van der Waals surface area contributed by atoms with E-state index in [4.69, 9.17) is 11.6 Å². The van der Waals surface area contributed by atoms with Crippen LogP contribution in [0.5, 0.6) is 0 Å². The molecular weight excluding hydrogens is 261 g/mol. The van der Waals surface area contributed by atoms with Crippen LogP contribution < -0.4 is 4.90 Å². The van der Waals surface area contributed by atoms with Crippen molar-refractivity contribution in [2.24, 2.45) is 5.92 Å².